The van der Waals surface area contributed by atoms with Crippen molar-refractivity contribution in [2.75, 3.05) is 18.8 Å². The summed E-state index contributed by atoms with van der Waals surface area (Å²) in [6.07, 6.45) is 2.14. The molecule has 0 unspecified atom stereocenters. The van der Waals surface area contributed by atoms with Gasteiger partial charge >= 0.3 is 0 Å². The number of benzene rings is 1. The minimum atomic E-state index is 0.950. The highest BCUT2D eigenvalue weighted by Gasteiger charge is 2.17. The van der Waals surface area contributed by atoms with Crippen LogP contribution >= 0.6 is 0 Å². The molecule has 0 fully saturated rings. The Morgan fingerprint density at radius 3 is 3.06 bits per heavy atom. The van der Waals surface area contributed by atoms with Gasteiger partial charge in [-0.3, -0.25) is 4.90 Å². The van der Waals surface area contributed by atoms with Crippen molar-refractivity contribution in [3.05, 3.63) is 41.5 Å². The Balaban J connectivity index is 2.09. The Labute approximate surface area is 97.8 Å². The summed E-state index contributed by atoms with van der Waals surface area (Å²) in [4.78, 5) is 2.45. The van der Waals surface area contributed by atoms with Crippen LogP contribution in [0.25, 0.3) is 0 Å². The van der Waals surface area contributed by atoms with Crippen LogP contribution in [-0.4, -0.2) is 18.0 Å². The van der Waals surface area contributed by atoms with Crippen molar-refractivity contribution in [1.29, 1.82) is 0 Å². The molecule has 2 nitrogen and oxygen atoms in total. The van der Waals surface area contributed by atoms with Gasteiger partial charge in [-0.15, -0.1) is 0 Å². The lowest BCUT2D eigenvalue weighted by molar-refractivity contribution is 0.274. The normalized spacial score (nSPS) is 15.8. The summed E-state index contributed by atoms with van der Waals surface area (Å²) in [6, 6.07) is 6.23. The van der Waals surface area contributed by atoms with Crippen molar-refractivity contribution >= 4 is 5.69 Å². The minimum absolute atomic E-state index is 0.950. The Bertz CT molecular complexity index is 396. The SMILES string of the molecule is C=C(CC)CN1CCc2c(N)cccc2C1. The lowest BCUT2D eigenvalue weighted by Gasteiger charge is -2.29. The van der Waals surface area contributed by atoms with E-state index in [1.165, 1.54) is 16.7 Å². The van der Waals surface area contributed by atoms with Crippen molar-refractivity contribution in [2.45, 2.75) is 26.3 Å². The van der Waals surface area contributed by atoms with Crippen LogP contribution in [0.4, 0.5) is 5.69 Å². The van der Waals surface area contributed by atoms with Gasteiger partial charge in [0.2, 0.25) is 0 Å². The highest BCUT2D eigenvalue weighted by molar-refractivity contribution is 5.51. The van der Waals surface area contributed by atoms with E-state index >= 15 is 0 Å². The summed E-state index contributed by atoms with van der Waals surface area (Å²) in [5.41, 5.74) is 11.0. The molecule has 0 bridgehead atoms. The molecule has 86 valence electrons. The van der Waals surface area contributed by atoms with E-state index in [0.717, 1.165) is 38.2 Å². The fourth-order valence-electron chi connectivity index (χ4n) is 2.26. The van der Waals surface area contributed by atoms with Gasteiger partial charge in [0.15, 0.2) is 0 Å². The molecule has 2 heteroatoms. The second kappa shape index (κ2) is 4.71. The molecular weight excluding hydrogens is 196 g/mol. The molecule has 0 saturated heterocycles. The first-order chi connectivity index (χ1) is 7.70. The van der Waals surface area contributed by atoms with Crippen molar-refractivity contribution in [3.63, 3.8) is 0 Å². The zero-order valence-corrected chi connectivity index (χ0v) is 10.00. The molecule has 0 aliphatic carbocycles. The van der Waals surface area contributed by atoms with Gasteiger partial charge in [0, 0.05) is 25.3 Å². The average Bonchev–Trinajstić information content (AvgIpc) is 2.29. The number of nitrogens with two attached hydrogens (primary N) is 1. The molecular formula is C14H20N2. The summed E-state index contributed by atoms with van der Waals surface area (Å²) in [5.74, 6) is 0. The third-order valence-electron chi connectivity index (χ3n) is 3.33. The lowest BCUT2D eigenvalue weighted by Crippen LogP contribution is -2.32. The van der Waals surface area contributed by atoms with Gasteiger partial charge in [-0.25, -0.2) is 0 Å². The maximum atomic E-state index is 5.98. The van der Waals surface area contributed by atoms with Crippen molar-refractivity contribution in [2.24, 2.45) is 0 Å². The molecule has 2 N–H and O–H groups in total. The second-order valence-electron chi connectivity index (χ2n) is 4.55. The predicted molar refractivity (Wildman–Crippen MR) is 69.3 cm³/mol. The molecule has 0 atom stereocenters. The van der Waals surface area contributed by atoms with E-state index in [0.29, 0.717) is 0 Å². The molecule has 16 heavy (non-hydrogen) atoms. The van der Waals surface area contributed by atoms with Crippen LogP contribution in [0.1, 0.15) is 24.5 Å². The number of rotatable bonds is 3. The molecule has 1 heterocycles. The highest BCUT2D eigenvalue weighted by Crippen LogP contribution is 2.24. The summed E-state index contributed by atoms with van der Waals surface area (Å²) in [7, 11) is 0. The number of anilines is 1. The molecule has 2 rings (SSSR count). The average molecular weight is 216 g/mol. The minimum Gasteiger partial charge on any atom is -0.398 e. The standard InChI is InChI=1S/C14H20N2/c1-3-11(2)9-16-8-7-13-12(10-16)5-4-6-14(13)15/h4-6H,2-3,7-10,15H2,1H3. The maximum Gasteiger partial charge on any atom is 0.0350 e. The zero-order chi connectivity index (χ0) is 11.5. The van der Waals surface area contributed by atoms with Crippen LogP contribution in [0.3, 0.4) is 0 Å². The summed E-state index contributed by atoms with van der Waals surface area (Å²) < 4.78 is 0. The van der Waals surface area contributed by atoms with Crippen LogP contribution in [-0.2, 0) is 13.0 Å². The quantitative estimate of drug-likeness (QED) is 0.621. The largest absolute Gasteiger partial charge is 0.398 e. The zero-order valence-electron chi connectivity index (χ0n) is 10.00. The van der Waals surface area contributed by atoms with Crippen LogP contribution in [0.15, 0.2) is 30.4 Å². The third kappa shape index (κ3) is 2.27. The first-order valence-corrected chi connectivity index (χ1v) is 5.96. The van der Waals surface area contributed by atoms with E-state index in [1.54, 1.807) is 0 Å². The van der Waals surface area contributed by atoms with Crippen molar-refractivity contribution in [3.8, 4) is 0 Å². The van der Waals surface area contributed by atoms with Crippen LogP contribution in [0.2, 0.25) is 0 Å². The van der Waals surface area contributed by atoms with Crippen molar-refractivity contribution < 1.29 is 0 Å². The summed E-state index contributed by atoms with van der Waals surface area (Å²) in [6.45, 7) is 9.37. The van der Waals surface area contributed by atoms with E-state index < -0.39 is 0 Å². The smallest absolute Gasteiger partial charge is 0.0350 e. The highest BCUT2D eigenvalue weighted by atomic mass is 15.1. The number of nitrogen functional groups attached to an aromatic ring is 1. The Hall–Kier alpha value is -1.28. The fraction of sp³-hybridized carbons (Fsp3) is 0.429. The molecule has 1 aliphatic heterocycles. The Kier molecular flexibility index (Phi) is 3.30. The first kappa shape index (κ1) is 11.2. The summed E-state index contributed by atoms with van der Waals surface area (Å²) in [5, 5.41) is 0. The Morgan fingerprint density at radius 2 is 2.31 bits per heavy atom. The molecule has 1 aromatic carbocycles. The van der Waals surface area contributed by atoms with E-state index in [9.17, 15) is 0 Å². The van der Waals surface area contributed by atoms with E-state index in [4.69, 9.17) is 5.73 Å². The van der Waals surface area contributed by atoms with Gasteiger partial charge in [0.1, 0.15) is 0 Å². The number of nitrogens with zero attached hydrogens (tertiary/aromatic N) is 1. The molecule has 1 aliphatic rings. The molecule has 0 radical (unpaired) electrons. The molecule has 1 aromatic rings. The maximum absolute atomic E-state index is 5.98. The van der Waals surface area contributed by atoms with E-state index in [2.05, 4.69) is 24.5 Å². The van der Waals surface area contributed by atoms with Crippen LogP contribution < -0.4 is 5.73 Å². The van der Waals surface area contributed by atoms with E-state index in [-0.39, 0.29) is 0 Å². The Morgan fingerprint density at radius 1 is 1.50 bits per heavy atom. The molecule has 0 amide bonds. The predicted octanol–water partition coefficient (Wildman–Crippen LogP) is 2.59. The fourth-order valence-corrected chi connectivity index (χ4v) is 2.26. The van der Waals surface area contributed by atoms with Crippen LogP contribution in [0.5, 0.6) is 0 Å². The first-order valence-electron chi connectivity index (χ1n) is 5.96. The van der Waals surface area contributed by atoms with Gasteiger partial charge < -0.3 is 5.73 Å². The summed E-state index contributed by atoms with van der Waals surface area (Å²) >= 11 is 0. The third-order valence-corrected chi connectivity index (χ3v) is 3.33. The van der Waals surface area contributed by atoms with Gasteiger partial charge in [-0.2, -0.15) is 0 Å². The lowest BCUT2D eigenvalue weighted by atomic mass is 9.97. The van der Waals surface area contributed by atoms with Gasteiger partial charge in [-0.05, 0) is 30.0 Å². The second-order valence-corrected chi connectivity index (χ2v) is 4.55. The van der Waals surface area contributed by atoms with E-state index in [1.807, 2.05) is 12.1 Å². The van der Waals surface area contributed by atoms with Crippen molar-refractivity contribution in [1.82, 2.24) is 4.90 Å². The number of hydrogen-bond acceptors (Lipinski definition) is 2. The number of hydrogen-bond donors (Lipinski definition) is 1. The van der Waals surface area contributed by atoms with Crippen LogP contribution in [0, 0.1) is 0 Å². The van der Waals surface area contributed by atoms with Gasteiger partial charge in [0.05, 0.1) is 0 Å². The van der Waals surface area contributed by atoms with Gasteiger partial charge in [0.25, 0.3) is 0 Å². The molecule has 0 saturated carbocycles. The molecule has 0 spiro atoms. The monoisotopic (exact) mass is 216 g/mol. The number of fused-ring (bicyclic) bond motifs is 1. The van der Waals surface area contributed by atoms with Gasteiger partial charge in [-0.1, -0.05) is 31.2 Å². The topological polar surface area (TPSA) is 29.3 Å². The molecule has 0 aromatic heterocycles.